The Morgan fingerprint density at radius 1 is 1.00 bits per heavy atom. The van der Waals surface area contributed by atoms with Gasteiger partial charge in [0, 0.05) is 80.0 Å². The maximum Gasteiger partial charge on any atom is 0.257 e. The second-order valence-electron chi connectivity index (χ2n) is 11.7. The number of pyridine rings is 2. The number of fused-ring (bicyclic) bond motifs is 1. The number of rotatable bonds is 8. The zero-order valence-electron chi connectivity index (χ0n) is 25.3. The monoisotopic (exact) mass is 608 g/mol. The van der Waals surface area contributed by atoms with Crippen LogP contribution < -0.4 is 10.9 Å². The van der Waals surface area contributed by atoms with Crippen molar-refractivity contribution in [2.45, 2.75) is 31.8 Å². The Kier molecular flexibility index (Phi) is 8.55. The van der Waals surface area contributed by atoms with Crippen molar-refractivity contribution in [1.29, 1.82) is 0 Å². The molecule has 1 saturated heterocycles. The number of anilines is 1. The molecule has 1 aliphatic rings. The highest BCUT2D eigenvalue weighted by molar-refractivity contribution is 6.30. The van der Waals surface area contributed by atoms with Crippen molar-refractivity contribution in [3.05, 3.63) is 123 Å². The number of likely N-dealkylation sites (tertiary alicyclic amines) is 1. The molecular weight excluding hydrogens is 572 g/mol. The predicted molar refractivity (Wildman–Crippen MR) is 177 cm³/mol. The quantitative estimate of drug-likeness (QED) is 0.231. The van der Waals surface area contributed by atoms with Gasteiger partial charge in [0.25, 0.3) is 11.5 Å². The van der Waals surface area contributed by atoms with Crippen LogP contribution in [0.3, 0.4) is 0 Å². The largest absolute Gasteiger partial charge is 0.381 e. The highest BCUT2D eigenvalue weighted by atomic mass is 35.5. The topological polar surface area (TPSA) is 75.4 Å². The maximum atomic E-state index is 13.2. The minimum Gasteiger partial charge on any atom is -0.381 e. The van der Waals surface area contributed by atoms with Gasteiger partial charge in [0.2, 0.25) is 0 Å². The van der Waals surface area contributed by atoms with Crippen LogP contribution in [0.15, 0.2) is 90.0 Å². The third kappa shape index (κ3) is 6.27. The van der Waals surface area contributed by atoms with Crippen molar-refractivity contribution in [2.24, 2.45) is 7.05 Å². The molecule has 1 amide bonds. The summed E-state index contributed by atoms with van der Waals surface area (Å²) >= 11 is 5.99. The molecule has 0 atom stereocenters. The van der Waals surface area contributed by atoms with Crippen LogP contribution in [0.25, 0.3) is 16.7 Å². The smallest absolute Gasteiger partial charge is 0.257 e. The van der Waals surface area contributed by atoms with E-state index >= 15 is 0 Å². The van der Waals surface area contributed by atoms with E-state index in [-0.39, 0.29) is 11.5 Å². The van der Waals surface area contributed by atoms with Crippen LogP contribution in [0.2, 0.25) is 5.02 Å². The number of piperidine rings is 1. The molecule has 1 N–H and O–H groups in total. The van der Waals surface area contributed by atoms with Crippen molar-refractivity contribution in [3.63, 3.8) is 0 Å². The number of hydrogen-bond donors (Lipinski definition) is 1. The number of aryl methyl sites for hydroxylation is 1. The van der Waals surface area contributed by atoms with Crippen molar-refractivity contribution in [3.8, 4) is 5.69 Å². The van der Waals surface area contributed by atoms with E-state index in [9.17, 15) is 9.59 Å². The summed E-state index contributed by atoms with van der Waals surface area (Å²) in [5.41, 5.74) is 6.62. The molecule has 6 rings (SSSR count). The number of carbonyl (C=O) groups is 1. The fraction of sp³-hybridized carbons (Fsp3) is 0.286. The average molecular weight is 609 g/mol. The lowest BCUT2D eigenvalue weighted by atomic mass is 9.89. The summed E-state index contributed by atoms with van der Waals surface area (Å²) in [6.45, 7) is 3.41. The fourth-order valence-corrected chi connectivity index (χ4v) is 6.15. The van der Waals surface area contributed by atoms with Crippen LogP contribution in [-0.2, 0) is 20.1 Å². The fourth-order valence-electron chi connectivity index (χ4n) is 6.02. The highest BCUT2D eigenvalue weighted by Gasteiger charge is 2.23. The molecule has 2 aromatic carbocycles. The summed E-state index contributed by atoms with van der Waals surface area (Å²) in [7, 11) is 5.60. The summed E-state index contributed by atoms with van der Waals surface area (Å²) in [6, 6.07) is 23.4. The van der Waals surface area contributed by atoms with Crippen molar-refractivity contribution in [2.75, 3.05) is 32.5 Å². The number of aromatic nitrogens is 3. The van der Waals surface area contributed by atoms with Crippen molar-refractivity contribution in [1.82, 2.24) is 23.9 Å². The molecule has 9 heteroatoms. The van der Waals surface area contributed by atoms with E-state index < -0.39 is 0 Å². The Hall–Kier alpha value is -4.40. The van der Waals surface area contributed by atoms with E-state index in [1.165, 1.54) is 11.3 Å². The molecule has 1 fully saturated rings. The van der Waals surface area contributed by atoms with Gasteiger partial charge in [-0.3, -0.25) is 19.1 Å². The minimum atomic E-state index is -0.106. The van der Waals surface area contributed by atoms with Crippen LogP contribution in [-0.4, -0.2) is 57.0 Å². The van der Waals surface area contributed by atoms with Crippen molar-refractivity contribution >= 4 is 34.2 Å². The molecule has 0 bridgehead atoms. The SMILES string of the molecule is CN(C)C(=O)c1ccc(C2CCN(Cc3cc4c(-n5ccc(NCc6ccc(Cl)cc6)cc5=O)ccnc4n3C)CC2)cc1. The van der Waals surface area contributed by atoms with E-state index in [0.717, 1.165) is 66.0 Å². The molecule has 0 aliphatic carbocycles. The Morgan fingerprint density at radius 2 is 1.73 bits per heavy atom. The van der Waals surface area contributed by atoms with Crippen molar-refractivity contribution < 1.29 is 4.79 Å². The number of carbonyl (C=O) groups excluding carboxylic acids is 1. The van der Waals surface area contributed by atoms with Crippen LogP contribution in [0.1, 0.15) is 45.9 Å². The Labute approximate surface area is 262 Å². The molecule has 0 spiro atoms. The van der Waals surface area contributed by atoms with Crippen LogP contribution in [0.4, 0.5) is 5.69 Å². The first-order valence-corrected chi connectivity index (χ1v) is 15.3. The molecular formula is C35H37ClN6O2. The minimum absolute atomic E-state index is 0.0307. The third-order valence-corrected chi connectivity index (χ3v) is 8.85. The summed E-state index contributed by atoms with van der Waals surface area (Å²) < 4.78 is 3.82. The molecule has 1 aliphatic heterocycles. The van der Waals surface area contributed by atoms with E-state index in [1.54, 1.807) is 35.8 Å². The number of halogens is 1. The maximum absolute atomic E-state index is 13.2. The van der Waals surface area contributed by atoms with Gasteiger partial charge in [-0.25, -0.2) is 4.98 Å². The number of benzene rings is 2. The van der Waals surface area contributed by atoms with Gasteiger partial charge in [0.05, 0.1) is 5.69 Å². The first kappa shape index (κ1) is 29.7. The van der Waals surface area contributed by atoms with Crippen LogP contribution >= 0.6 is 11.6 Å². The molecule has 0 unspecified atom stereocenters. The van der Waals surface area contributed by atoms with E-state index in [0.29, 0.717) is 17.5 Å². The predicted octanol–water partition coefficient (Wildman–Crippen LogP) is 6.07. The number of amides is 1. The van der Waals surface area contributed by atoms with Gasteiger partial charge in [0.15, 0.2) is 0 Å². The zero-order chi connectivity index (χ0) is 30.8. The normalized spacial score (nSPS) is 14.2. The van der Waals surface area contributed by atoms with Gasteiger partial charge in [-0.05, 0) is 85.4 Å². The number of nitrogens with one attached hydrogen (secondary N) is 1. The van der Waals surface area contributed by atoms with Gasteiger partial charge < -0.3 is 14.8 Å². The van der Waals surface area contributed by atoms with E-state index in [1.807, 2.05) is 61.8 Å². The standard InChI is InChI=1S/C35H37ClN6O2/c1-39(2)35(44)27-8-6-25(7-9-27)26-13-17-41(18-14-26)23-30-21-31-32(12-16-37-34(31)40(30)3)42-19-15-29(20-33(42)43)38-22-24-4-10-28(36)11-5-24/h4-12,15-16,19-21,26,38H,13-14,17-18,22-23H2,1-3H3. The van der Waals surface area contributed by atoms with Gasteiger partial charge in [-0.1, -0.05) is 35.9 Å². The summed E-state index contributed by atoms with van der Waals surface area (Å²) in [5, 5.41) is 4.98. The molecule has 226 valence electrons. The average Bonchev–Trinajstić information content (AvgIpc) is 3.35. The zero-order valence-corrected chi connectivity index (χ0v) is 26.1. The molecule has 0 saturated carbocycles. The molecule has 4 heterocycles. The van der Waals surface area contributed by atoms with E-state index in [4.69, 9.17) is 11.6 Å². The lowest BCUT2D eigenvalue weighted by molar-refractivity contribution is 0.0827. The van der Waals surface area contributed by atoms with Gasteiger partial charge >= 0.3 is 0 Å². The molecule has 0 radical (unpaired) electrons. The number of hydrogen-bond acceptors (Lipinski definition) is 5. The Morgan fingerprint density at radius 3 is 2.41 bits per heavy atom. The summed E-state index contributed by atoms with van der Waals surface area (Å²) in [6.07, 6.45) is 5.73. The number of nitrogens with zero attached hydrogens (tertiary/aromatic N) is 5. The van der Waals surface area contributed by atoms with Gasteiger partial charge in [-0.15, -0.1) is 0 Å². The second kappa shape index (κ2) is 12.7. The summed E-state index contributed by atoms with van der Waals surface area (Å²) in [4.78, 5) is 34.2. The molecule has 3 aromatic heterocycles. The Bertz CT molecular complexity index is 1830. The molecule has 5 aromatic rings. The van der Waals surface area contributed by atoms with Crippen LogP contribution in [0, 0.1) is 0 Å². The second-order valence-corrected chi connectivity index (χ2v) is 12.2. The van der Waals surface area contributed by atoms with Gasteiger partial charge in [-0.2, -0.15) is 0 Å². The lowest BCUT2D eigenvalue weighted by Gasteiger charge is -2.32. The third-order valence-electron chi connectivity index (χ3n) is 8.60. The Balaban J connectivity index is 1.13. The molecule has 44 heavy (non-hydrogen) atoms. The first-order chi connectivity index (χ1) is 21.3. The first-order valence-electron chi connectivity index (χ1n) is 15.0. The highest BCUT2D eigenvalue weighted by Crippen LogP contribution is 2.30. The lowest BCUT2D eigenvalue weighted by Crippen LogP contribution is -2.33. The summed E-state index contributed by atoms with van der Waals surface area (Å²) in [5.74, 6) is 0.522. The van der Waals surface area contributed by atoms with Crippen LogP contribution in [0.5, 0.6) is 0 Å². The molecule has 8 nitrogen and oxygen atoms in total. The van der Waals surface area contributed by atoms with E-state index in [2.05, 4.69) is 38.0 Å². The van der Waals surface area contributed by atoms with Gasteiger partial charge in [0.1, 0.15) is 5.65 Å².